The van der Waals surface area contributed by atoms with E-state index in [4.69, 9.17) is 4.98 Å². The Morgan fingerprint density at radius 3 is 2.50 bits per heavy atom. The maximum absolute atomic E-state index is 4.69. The lowest BCUT2D eigenvalue weighted by Crippen LogP contribution is -2.29. The zero-order valence-electron chi connectivity index (χ0n) is 13.7. The van der Waals surface area contributed by atoms with Crippen LogP contribution in [0.25, 0.3) is 0 Å². The molecule has 4 nitrogen and oxygen atoms in total. The molecule has 4 heteroatoms. The van der Waals surface area contributed by atoms with Crippen LogP contribution in [0.15, 0.2) is 6.07 Å². The fourth-order valence-corrected chi connectivity index (χ4v) is 2.04. The largest absolute Gasteiger partial charge is 0.370 e. The summed E-state index contributed by atoms with van der Waals surface area (Å²) in [7, 11) is 0. The van der Waals surface area contributed by atoms with Gasteiger partial charge in [0.15, 0.2) is 0 Å². The van der Waals surface area contributed by atoms with Gasteiger partial charge in [-0.05, 0) is 19.3 Å². The standard InChI is InChI=1S/C16H30N4/c1-6-10-17-15-11-16(19-14(8-3)18-15)20(9-4)12-13(5)7-2/h11,13H,6-10,12H2,1-5H3,(H,17,18,19). The van der Waals surface area contributed by atoms with Gasteiger partial charge in [0.05, 0.1) is 0 Å². The van der Waals surface area contributed by atoms with E-state index in [1.54, 1.807) is 0 Å². The summed E-state index contributed by atoms with van der Waals surface area (Å²) in [6.45, 7) is 14.0. The molecule has 0 aromatic carbocycles. The van der Waals surface area contributed by atoms with Crippen LogP contribution in [-0.2, 0) is 6.42 Å². The molecule has 0 aliphatic carbocycles. The van der Waals surface area contributed by atoms with Crippen molar-refractivity contribution in [2.75, 3.05) is 29.9 Å². The Labute approximate surface area is 124 Å². The van der Waals surface area contributed by atoms with Crippen LogP contribution >= 0.6 is 0 Å². The van der Waals surface area contributed by atoms with E-state index in [-0.39, 0.29) is 0 Å². The van der Waals surface area contributed by atoms with E-state index in [1.807, 2.05) is 0 Å². The summed E-state index contributed by atoms with van der Waals surface area (Å²) in [5.74, 6) is 3.61. The maximum Gasteiger partial charge on any atom is 0.134 e. The molecular weight excluding hydrogens is 248 g/mol. The normalized spacial score (nSPS) is 12.2. The summed E-state index contributed by atoms with van der Waals surface area (Å²) in [5, 5.41) is 3.38. The first-order valence-electron chi connectivity index (χ1n) is 8.01. The SMILES string of the molecule is CCCNc1cc(N(CC)CC(C)CC)nc(CC)n1. The van der Waals surface area contributed by atoms with Gasteiger partial charge in [-0.25, -0.2) is 9.97 Å². The van der Waals surface area contributed by atoms with E-state index in [1.165, 1.54) is 6.42 Å². The molecule has 0 amide bonds. The van der Waals surface area contributed by atoms with Crippen molar-refractivity contribution >= 4 is 11.6 Å². The molecule has 1 aromatic rings. The first kappa shape index (κ1) is 16.7. The number of hydrogen-bond donors (Lipinski definition) is 1. The third kappa shape index (κ3) is 4.99. The van der Waals surface area contributed by atoms with Crippen LogP contribution in [0.3, 0.4) is 0 Å². The molecule has 0 aliphatic heterocycles. The van der Waals surface area contributed by atoms with E-state index >= 15 is 0 Å². The van der Waals surface area contributed by atoms with Crippen molar-refractivity contribution in [3.63, 3.8) is 0 Å². The number of anilines is 2. The first-order valence-corrected chi connectivity index (χ1v) is 8.01. The first-order chi connectivity index (χ1) is 9.64. The Bertz CT molecular complexity index is 392. The summed E-state index contributed by atoms with van der Waals surface area (Å²) in [5.41, 5.74) is 0. The topological polar surface area (TPSA) is 41.0 Å². The van der Waals surface area contributed by atoms with Crippen LogP contribution in [0.1, 0.15) is 53.3 Å². The molecular formula is C16H30N4. The van der Waals surface area contributed by atoms with E-state index in [0.29, 0.717) is 5.92 Å². The van der Waals surface area contributed by atoms with Gasteiger partial charge in [0, 0.05) is 32.1 Å². The molecule has 1 rings (SSSR count). The fraction of sp³-hybridized carbons (Fsp3) is 0.750. The maximum atomic E-state index is 4.69. The number of aromatic nitrogens is 2. The summed E-state index contributed by atoms with van der Waals surface area (Å²) in [6.07, 6.45) is 3.17. The highest BCUT2D eigenvalue weighted by atomic mass is 15.2. The minimum Gasteiger partial charge on any atom is -0.370 e. The number of nitrogens with one attached hydrogen (secondary N) is 1. The van der Waals surface area contributed by atoms with Crippen molar-refractivity contribution in [3.8, 4) is 0 Å². The second kappa shape index (κ2) is 8.77. The van der Waals surface area contributed by atoms with Crippen LogP contribution in [-0.4, -0.2) is 29.6 Å². The quantitative estimate of drug-likeness (QED) is 0.747. The Morgan fingerprint density at radius 1 is 1.20 bits per heavy atom. The Hall–Kier alpha value is -1.32. The molecule has 1 heterocycles. The van der Waals surface area contributed by atoms with Gasteiger partial charge in [0.2, 0.25) is 0 Å². The van der Waals surface area contributed by atoms with Crippen molar-refractivity contribution in [3.05, 3.63) is 11.9 Å². The molecule has 1 aromatic heterocycles. The van der Waals surface area contributed by atoms with Gasteiger partial charge in [0.25, 0.3) is 0 Å². The number of nitrogens with zero attached hydrogens (tertiary/aromatic N) is 3. The average molecular weight is 278 g/mol. The minimum atomic E-state index is 0.682. The Morgan fingerprint density at radius 2 is 1.95 bits per heavy atom. The Kier molecular flexibility index (Phi) is 7.34. The van der Waals surface area contributed by atoms with E-state index in [0.717, 1.165) is 49.9 Å². The lowest BCUT2D eigenvalue weighted by atomic mass is 10.1. The van der Waals surface area contributed by atoms with Crippen molar-refractivity contribution in [2.45, 2.75) is 53.9 Å². The molecule has 0 spiro atoms. The molecule has 1 unspecified atom stereocenters. The monoisotopic (exact) mass is 278 g/mol. The van der Waals surface area contributed by atoms with Gasteiger partial charge in [-0.15, -0.1) is 0 Å². The van der Waals surface area contributed by atoms with E-state index < -0.39 is 0 Å². The van der Waals surface area contributed by atoms with Gasteiger partial charge >= 0.3 is 0 Å². The third-order valence-corrected chi connectivity index (χ3v) is 3.57. The van der Waals surface area contributed by atoms with Gasteiger partial charge in [-0.1, -0.05) is 34.1 Å². The fourth-order valence-electron chi connectivity index (χ4n) is 2.04. The molecule has 1 N–H and O–H groups in total. The lowest BCUT2D eigenvalue weighted by Gasteiger charge is -2.25. The Balaban J connectivity index is 2.94. The summed E-state index contributed by atoms with van der Waals surface area (Å²) in [6, 6.07) is 2.08. The predicted molar refractivity (Wildman–Crippen MR) is 87.5 cm³/mol. The van der Waals surface area contributed by atoms with Gasteiger partial charge in [0.1, 0.15) is 17.5 Å². The number of hydrogen-bond acceptors (Lipinski definition) is 4. The van der Waals surface area contributed by atoms with Gasteiger partial charge < -0.3 is 10.2 Å². The summed E-state index contributed by atoms with van der Waals surface area (Å²) in [4.78, 5) is 11.6. The third-order valence-electron chi connectivity index (χ3n) is 3.57. The highest BCUT2D eigenvalue weighted by molar-refractivity contribution is 5.49. The minimum absolute atomic E-state index is 0.682. The van der Waals surface area contributed by atoms with E-state index in [9.17, 15) is 0 Å². The van der Waals surface area contributed by atoms with Gasteiger partial charge in [-0.3, -0.25) is 0 Å². The number of rotatable bonds is 9. The molecule has 0 saturated carbocycles. The zero-order chi connectivity index (χ0) is 15.0. The molecule has 114 valence electrons. The molecule has 0 fully saturated rings. The van der Waals surface area contributed by atoms with E-state index in [2.05, 4.69) is 55.9 Å². The summed E-state index contributed by atoms with van der Waals surface area (Å²) < 4.78 is 0. The van der Waals surface area contributed by atoms with Crippen molar-refractivity contribution in [2.24, 2.45) is 5.92 Å². The predicted octanol–water partition coefficient (Wildman–Crippen LogP) is 3.73. The molecule has 0 bridgehead atoms. The molecule has 0 aliphatic rings. The second-order valence-corrected chi connectivity index (χ2v) is 5.36. The lowest BCUT2D eigenvalue weighted by molar-refractivity contribution is 0.545. The van der Waals surface area contributed by atoms with Crippen molar-refractivity contribution in [1.29, 1.82) is 0 Å². The molecule has 0 radical (unpaired) electrons. The average Bonchev–Trinajstić information content (AvgIpc) is 2.49. The van der Waals surface area contributed by atoms with Crippen molar-refractivity contribution < 1.29 is 0 Å². The van der Waals surface area contributed by atoms with Crippen LogP contribution in [0.4, 0.5) is 11.6 Å². The highest BCUT2D eigenvalue weighted by Crippen LogP contribution is 2.18. The van der Waals surface area contributed by atoms with Crippen LogP contribution in [0, 0.1) is 5.92 Å². The highest BCUT2D eigenvalue weighted by Gasteiger charge is 2.12. The zero-order valence-corrected chi connectivity index (χ0v) is 13.7. The van der Waals surface area contributed by atoms with Crippen LogP contribution in [0.2, 0.25) is 0 Å². The molecule has 20 heavy (non-hydrogen) atoms. The molecule has 0 saturated heterocycles. The van der Waals surface area contributed by atoms with Crippen LogP contribution in [0.5, 0.6) is 0 Å². The van der Waals surface area contributed by atoms with Crippen LogP contribution < -0.4 is 10.2 Å². The summed E-state index contributed by atoms with van der Waals surface area (Å²) >= 11 is 0. The van der Waals surface area contributed by atoms with Gasteiger partial charge in [-0.2, -0.15) is 0 Å². The van der Waals surface area contributed by atoms with Crippen molar-refractivity contribution in [1.82, 2.24) is 9.97 Å². The molecule has 1 atom stereocenters. The second-order valence-electron chi connectivity index (χ2n) is 5.36. The smallest absolute Gasteiger partial charge is 0.134 e. The number of aryl methyl sites for hydroxylation is 1.